The average Bonchev–Trinajstić information content (AvgIpc) is 3.05. The second-order valence-corrected chi connectivity index (χ2v) is 10.2. The maximum absolute atomic E-state index is 13.0. The molecule has 6 aromatic carbocycles. The highest BCUT2D eigenvalue weighted by Gasteiger charge is 2.21. The van der Waals surface area contributed by atoms with Crippen molar-refractivity contribution in [2.24, 2.45) is 0 Å². The van der Waals surface area contributed by atoms with E-state index in [2.05, 4.69) is 107 Å². The summed E-state index contributed by atoms with van der Waals surface area (Å²) < 4.78 is 0. The number of para-hydroxylation sites is 4. The van der Waals surface area contributed by atoms with Crippen LogP contribution in [0.2, 0.25) is 0 Å². The van der Waals surface area contributed by atoms with Crippen molar-refractivity contribution in [2.45, 2.75) is 12.8 Å². The summed E-state index contributed by atoms with van der Waals surface area (Å²) in [5, 5.41) is 0. The summed E-state index contributed by atoms with van der Waals surface area (Å²) in [7, 11) is 0. The molecule has 0 saturated heterocycles. The summed E-state index contributed by atoms with van der Waals surface area (Å²) in [5.41, 5.74) is 8.34. The van der Waals surface area contributed by atoms with Crippen LogP contribution < -0.4 is 9.80 Å². The Morgan fingerprint density at radius 2 is 0.619 bits per heavy atom. The first-order valence-corrected chi connectivity index (χ1v) is 14.2. The molecular weight excluding hydrogens is 512 g/mol. The van der Waals surface area contributed by atoms with Crippen LogP contribution in [0.3, 0.4) is 0 Å². The summed E-state index contributed by atoms with van der Waals surface area (Å²) in [6.07, 6.45) is 0. The summed E-state index contributed by atoms with van der Waals surface area (Å²) in [6.45, 7) is 1.67. The second kappa shape index (κ2) is 12.4. The number of Topliss-reactive ketones (excluding diaryl/α,β-unsaturated/α-hetero) is 1. The molecule has 0 aliphatic rings. The zero-order chi connectivity index (χ0) is 28.7. The van der Waals surface area contributed by atoms with Gasteiger partial charge in [0.1, 0.15) is 5.78 Å². The molecule has 204 valence electrons. The van der Waals surface area contributed by atoms with E-state index in [0.29, 0.717) is 0 Å². The molecule has 0 N–H and O–H groups in total. The van der Waals surface area contributed by atoms with E-state index in [9.17, 15) is 4.79 Å². The van der Waals surface area contributed by atoms with Crippen LogP contribution in [0.4, 0.5) is 34.1 Å². The van der Waals surface area contributed by atoms with Crippen LogP contribution in [0.1, 0.15) is 24.0 Å². The second-order valence-electron chi connectivity index (χ2n) is 10.2. The number of nitrogens with zero attached hydrogens (tertiary/aromatic N) is 2. The van der Waals surface area contributed by atoms with Crippen molar-refractivity contribution in [3.63, 3.8) is 0 Å². The lowest BCUT2D eigenvalue weighted by atomic mass is 9.88. The van der Waals surface area contributed by atoms with Gasteiger partial charge in [-0.3, -0.25) is 4.79 Å². The lowest BCUT2D eigenvalue weighted by Crippen LogP contribution is -2.13. The molecule has 0 aliphatic carbocycles. The maximum Gasteiger partial charge on any atom is 0.141 e. The van der Waals surface area contributed by atoms with Gasteiger partial charge in [0.05, 0.1) is 5.92 Å². The van der Waals surface area contributed by atoms with Gasteiger partial charge in [-0.25, -0.2) is 0 Å². The monoisotopic (exact) mass is 544 g/mol. The van der Waals surface area contributed by atoms with E-state index in [4.69, 9.17) is 0 Å². The van der Waals surface area contributed by atoms with Gasteiger partial charge < -0.3 is 9.80 Å². The number of rotatable bonds is 9. The van der Waals surface area contributed by atoms with Gasteiger partial charge in [-0.05, 0) is 90.8 Å². The molecule has 0 radical (unpaired) electrons. The smallest absolute Gasteiger partial charge is 0.141 e. The fraction of sp³-hybridized carbons (Fsp3) is 0.0513. The Morgan fingerprint density at radius 3 is 0.857 bits per heavy atom. The van der Waals surface area contributed by atoms with Crippen molar-refractivity contribution >= 4 is 39.9 Å². The minimum Gasteiger partial charge on any atom is -0.311 e. The number of ketones is 1. The quantitative estimate of drug-likeness (QED) is 0.181. The number of benzene rings is 6. The molecule has 0 aliphatic heterocycles. The standard InChI is InChI=1S/C39H32N2O/c1-30(42)39(31-22-26-37(27-23-31)40(33-14-6-2-7-15-33)34-16-8-3-9-17-34)32-24-28-38(29-25-32)41(35-18-10-4-11-19-35)36-20-12-5-13-21-36/h2-29,39H,1H3. The molecule has 0 atom stereocenters. The number of carbonyl (C=O) groups is 1. The minimum absolute atomic E-state index is 0.112. The SMILES string of the molecule is CC(=O)C(c1ccc(N(c2ccccc2)c2ccccc2)cc1)c1ccc(N(c2ccccc2)c2ccccc2)cc1. The third-order valence-electron chi connectivity index (χ3n) is 7.43. The topological polar surface area (TPSA) is 23.6 Å². The van der Waals surface area contributed by atoms with Crippen LogP contribution in [0.5, 0.6) is 0 Å². The van der Waals surface area contributed by atoms with Gasteiger partial charge in [0.2, 0.25) is 0 Å². The molecule has 0 unspecified atom stereocenters. The fourth-order valence-electron chi connectivity index (χ4n) is 5.50. The van der Waals surface area contributed by atoms with Gasteiger partial charge in [0.25, 0.3) is 0 Å². The molecule has 3 heteroatoms. The Kier molecular flexibility index (Phi) is 7.91. The van der Waals surface area contributed by atoms with Crippen LogP contribution in [-0.4, -0.2) is 5.78 Å². The highest BCUT2D eigenvalue weighted by atomic mass is 16.1. The zero-order valence-corrected chi connectivity index (χ0v) is 23.5. The van der Waals surface area contributed by atoms with Crippen molar-refractivity contribution in [3.05, 3.63) is 181 Å². The molecule has 0 saturated carbocycles. The van der Waals surface area contributed by atoms with Crippen molar-refractivity contribution in [1.82, 2.24) is 0 Å². The van der Waals surface area contributed by atoms with Crippen molar-refractivity contribution in [1.29, 1.82) is 0 Å². The first-order chi connectivity index (χ1) is 20.7. The van der Waals surface area contributed by atoms with Crippen LogP contribution in [0, 0.1) is 0 Å². The Balaban J connectivity index is 1.32. The van der Waals surface area contributed by atoms with E-state index in [1.807, 2.05) is 72.8 Å². The predicted molar refractivity (Wildman–Crippen MR) is 175 cm³/mol. The molecule has 0 heterocycles. The van der Waals surface area contributed by atoms with Crippen LogP contribution >= 0.6 is 0 Å². The highest BCUT2D eigenvalue weighted by molar-refractivity contribution is 5.88. The largest absolute Gasteiger partial charge is 0.311 e. The Labute approximate surface area is 247 Å². The van der Waals surface area contributed by atoms with E-state index in [0.717, 1.165) is 45.3 Å². The third kappa shape index (κ3) is 5.72. The molecule has 0 fully saturated rings. The third-order valence-corrected chi connectivity index (χ3v) is 7.43. The van der Waals surface area contributed by atoms with E-state index in [1.165, 1.54) is 0 Å². The number of anilines is 6. The van der Waals surface area contributed by atoms with E-state index in [1.54, 1.807) is 6.92 Å². The summed E-state index contributed by atoms with van der Waals surface area (Å²) >= 11 is 0. The molecule has 6 rings (SSSR count). The van der Waals surface area contributed by atoms with Gasteiger partial charge in [0.15, 0.2) is 0 Å². The van der Waals surface area contributed by atoms with Crippen LogP contribution in [0.15, 0.2) is 170 Å². The molecule has 0 bridgehead atoms. The molecule has 0 aromatic heterocycles. The van der Waals surface area contributed by atoms with E-state index >= 15 is 0 Å². The molecule has 0 spiro atoms. The van der Waals surface area contributed by atoms with E-state index in [-0.39, 0.29) is 11.7 Å². The lowest BCUT2D eigenvalue weighted by Gasteiger charge is -2.27. The maximum atomic E-state index is 13.0. The lowest BCUT2D eigenvalue weighted by molar-refractivity contribution is -0.117. The summed E-state index contributed by atoms with van der Waals surface area (Å²) in [4.78, 5) is 17.5. The van der Waals surface area contributed by atoms with E-state index < -0.39 is 0 Å². The van der Waals surface area contributed by atoms with Crippen LogP contribution in [0.25, 0.3) is 0 Å². The average molecular weight is 545 g/mol. The predicted octanol–water partition coefficient (Wildman–Crippen LogP) is 10.3. The van der Waals surface area contributed by atoms with Crippen LogP contribution in [-0.2, 0) is 4.79 Å². The zero-order valence-electron chi connectivity index (χ0n) is 23.5. The normalized spacial score (nSPS) is 10.8. The number of hydrogen-bond acceptors (Lipinski definition) is 3. The van der Waals surface area contributed by atoms with Gasteiger partial charge in [0, 0.05) is 34.1 Å². The van der Waals surface area contributed by atoms with Gasteiger partial charge in [-0.2, -0.15) is 0 Å². The van der Waals surface area contributed by atoms with Gasteiger partial charge in [-0.15, -0.1) is 0 Å². The first kappa shape index (κ1) is 26.8. The molecule has 0 amide bonds. The molecule has 3 nitrogen and oxygen atoms in total. The first-order valence-electron chi connectivity index (χ1n) is 14.2. The summed E-state index contributed by atoms with van der Waals surface area (Å²) in [6, 6.07) is 58.1. The Morgan fingerprint density at radius 1 is 0.381 bits per heavy atom. The van der Waals surface area contributed by atoms with Crippen molar-refractivity contribution in [2.75, 3.05) is 9.80 Å². The van der Waals surface area contributed by atoms with Crippen molar-refractivity contribution < 1.29 is 4.79 Å². The number of hydrogen-bond donors (Lipinski definition) is 0. The fourth-order valence-corrected chi connectivity index (χ4v) is 5.50. The Bertz CT molecular complexity index is 1510. The highest BCUT2D eigenvalue weighted by Crippen LogP contribution is 2.38. The van der Waals surface area contributed by atoms with Gasteiger partial charge in [-0.1, -0.05) is 97.1 Å². The van der Waals surface area contributed by atoms with Crippen molar-refractivity contribution in [3.8, 4) is 0 Å². The molecular formula is C39H32N2O. The number of carbonyl (C=O) groups excluding carboxylic acids is 1. The minimum atomic E-state index is -0.350. The molecule has 6 aromatic rings. The van der Waals surface area contributed by atoms with Gasteiger partial charge >= 0.3 is 0 Å². The Hall–Kier alpha value is -5.41. The summed E-state index contributed by atoms with van der Waals surface area (Å²) in [5.74, 6) is -0.238. The molecule has 42 heavy (non-hydrogen) atoms.